The van der Waals surface area contributed by atoms with Crippen LogP contribution in [0.3, 0.4) is 0 Å². The molecule has 3 heteroatoms. The molecule has 3 N–H and O–H groups in total. The van der Waals surface area contributed by atoms with Gasteiger partial charge >= 0.3 is 0 Å². The summed E-state index contributed by atoms with van der Waals surface area (Å²) >= 11 is 4.88. The quantitative estimate of drug-likeness (QED) is 0.718. The van der Waals surface area contributed by atoms with Gasteiger partial charge in [0.15, 0.2) is 5.11 Å². The zero-order valence-electron chi connectivity index (χ0n) is 9.99. The van der Waals surface area contributed by atoms with Crippen LogP contribution in [0.15, 0.2) is 0 Å². The SMILES string of the molecule is Cc1c(C)c(C)c(NC(N)=S)c(C)c1C. The van der Waals surface area contributed by atoms with E-state index in [1.165, 1.54) is 27.8 Å². The first-order valence-corrected chi connectivity index (χ1v) is 5.40. The molecule has 0 amide bonds. The van der Waals surface area contributed by atoms with Gasteiger partial charge in [0, 0.05) is 5.69 Å². The molecule has 0 fully saturated rings. The molecule has 0 aliphatic rings. The van der Waals surface area contributed by atoms with Crippen molar-refractivity contribution in [3.8, 4) is 0 Å². The highest BCUT2D eigenvalue weighted by molar-refractivity contribution is 7.80. The van der Waals surface area contributed by atoms with Crippen molar-refractivity contribution in [3.05, 3.63) is 27.8 Å². The van der Waals surface area contributed by atoms with E-state index in [2.05, 4.69) is 39.9 Å². The average Bonchev–Trinajstić information content (AvgIpc) is 2.18. The molecule has 2 nitrogen and oxygen atoms in total. The Balaban J connectivity index is 3.45. The summed E-state index contributed by atoms with van der Waals surface area (Å²) in [6, 6.07) is 0. The molecule has 1 aromatic carbocycles. The predicted octanol–water partition coefficient (Wildman–Crippen LogP) is 2.88. The maximum absolute atomic E-state index is 5.52. The molecular weight excluding hydrogens is 204 g/mol. The maximum atomic E-state index is 5.52. The Morgan fingerprint density at radius 2 is 1.20 bits per heavy atom. The fraction of sp³-hybridized carbons (Fsp3) is 0.417. The minimum atomic E-state index is 0.323. The van der Waals surface area contributed by atoms with Crippen LogP contribution in [0.4, 0.5) is 5.69 Å². The Morgan fingerprint density at radius 3 is 1.53 bits per heavy atom. The highest BCUT2D eigenvalue weighted by Crippen LogP contribution is 2.29. The first-order chi connectivity index (χ1) is 6.86. The summed E-state index contributed by atoms with van der Waals surface area (Å²) < 4.78 is 0. The highest BCUT2D eigenvalue weighted by atomic mass is 32.1. The summed E-state index contributed by atoms with van der Waals surface area (Å²) in [7, 11) is 0. The van der Waals surface area contributed by atoms with Crippen LogP contribution in [-0.4, -0.2) is 5.11 Å². The molecule has 0 heterocycles. The third kappa shape index (κ3) is 2.12. The molecule has 0 spiro atoms. The Morgan fingerprint density at radius 1 is 0.867 bits per heavy atom. The van der Waals surface area contributed by atoms with Crippen LogP contribution in [0.5, 0.6) is 0 Å². The van der Waals surface area contributed by atoms with Gasteiger partial charge in [0.25, 0.3) is 0 Å². The average molecular weight is 222 g/mol. The third-order valence-corrected chi connectivity index (χ3v) is 3.35. The van der Waals surface area contributed by atoms with E-state index in [4.69, 9.17) is 18.0 Å². The molecule has 0 unspecified atom stereocenters. The molecule has 0 saturated carbocycles. The van der Waals surface area contributed by atoms with Crippen LogP contribution < -0.4 is 11.1 Å². The first-order valence-electron chi connectivity index (χ1n) is 4.99. The molecule has 82 valence electrons. The van der Waals surface area contributed by atoms with Crippen molar-refractivity contribution in [3.63, 3.8) is 0 Å². The number of hydrogen-bond acceptors (Lipinski definition) is 1. The number of nitrogens with one attached hydrogen (secondary N) is 1. The van der Waals surface area contributed by atoms with E-state index in [1.807, 2.05) is 0 Å². The zero-order chi connectivity index (χ0) is 11.7. The van der Waals surface area contributed by atoms with Gasteiger partial charge in [0.05, 0.1) is 0 Å². The van der Waals surface area contributed by atoms with Crippen molar-refractivity contribution in [1.82, 2.24) is 0 Å². The van der Waals surface area contributed by atoms with E-state index >= 15 is 0 Å². The van der Waals surface area contributed by atoms with Crippen molar-refractivity contribution in [2.75, 3.05) is 5.32 Å². The number of thiocarbonyl (C=S) groups is 1. The predicted molar refractivity (Wildman–Crippen MR) is 70.5 cm³/mol. The van der Waals surface area contributed by atoms with E-state index < -0.39 is 0 Å². The summed E-state index contributed by atoms with van der Waals surface area (Å²) in [5.41, 5.74) is 13.0. The van der Waals surface area contributed by atoms with Crippen molar-refractivity contribution < 1.29 is 0 Å². The Kier molecular flexibility index (Phi) is 3.35. The number of anilines is 1. The first kappa shape index (κ1) is 12.0. The fourth-order valence-electron chi connectivity index (χ4n) is 1.81. The van der Waals surface area contributed by atoms with Gasteiger partial charge in [0.1, 0.15) is 0 Å². The molecule has 0 aromatic heterocycles. The maximum Gasteiger partial charge on any atom is 0.168 e. The Hall–Kier alpha value is -1.09. The summed E-state index contributed by atoms with van der Waals surface area (Å²) in [4.78, 5) is 0. The molecule has 15 heavy (non-hydrogen) atoms. The number of nitrogens with two attached hydrogens (primary N) is 1. The molecule has 0 aliphatic heterocycles. The van der Waals surface area contributed by atoms with E-state index in [0.29, 0.717) is 5.11 Å². The van der Waals surface area contributed by atoms with E-state index in [9.17, 15) is 0 Å². The fourth-order valence-corrected chi connectivity index (χ4v) is 1.91. The zero-order valence-corrected chi connectivity index (χ0v) is 10.8. The van der Waals surface area contributed by atoms with Crippen LogP contribution in [0, 0.1) is 34.6 Å². The normalized spacial score (nSPS) is 10.2. The minimum absolute atomic E-state index is 0.323. The van der Waals surface area contributed by atoms with Gasteiger partial charge in [0.2, 0.25) is 0 Å². The largest absolute Gasteiger partial charge is 0.376 e. The van der Waals surface area contributed by atoms with Crippen LogP contribution >= 0.6 is 12.2 Å². The number of rotatable bonds is 1. The van der Waals surface area contributed by atoms with E-state index in [-0.39, 0.29) is 0 Å². The molecule has 0 atom stereocenters. The molecular formula is C12H18N2S. The van der Waals surface area contributed by atoms with Crippen molar-refractivity contribution >= 4 is 23.0 Å². The summed E-state index contributed by atoms with van der Waals surface area (Å²) in [5, 5.41) is 3.38. The Labute approximate surface area is 96.9 Å². The molecule has 0 bridgehead atoms. The lowest BCUT2D eigenvalue weighted by atomic mass is 9.93. The van der Waals surface area contributed by atoms with Gasteiger partial charge in [-0.2, -0.15) is 0 Å². The Bertz CT molecular complexity index is 393. The van der Waals surface area contributed by atoms with Crippen LogP contribution in [0.25, 0.3) is 0 Å². The molecule has 1 rings (SSSR count). The lowest BCUT2D eigenvalue weighted by Crippen LogP contribution is -2.21. The van der Waals surface area contributed by atoms with E-state index in [0.717, 1.165) is 5.69 Å². The molecule has 1 aromatic rings. The topological polar surface area (TPSA) is 38.0 Å². The lowest BCUT2D eigenvalue weighted by molar-refractivity contribution is 1.18. The van der Waals surface area contributed by atoms with Gasteiger partial charge in [-0.05, 0) is 74.7 Å². The number of benzene rings is 1. The van der Waals surface area contributed by atoms with Crippen molar-refractivity contribution in [1.29, 1.82) is 0 Å². The third-order valence-electron chi connectivity index (χ3n) is 3.25. The van der Waals surface area contributed by atoms with Crippen LogP contribution in [0.1, 0.15) is 27.8 Å². The lowest BCUT2D eigenvalue weighted by Gasteiger charge is -2.19. The van der Waals surface area contributed by atoms with Crippen molar-refractivity contribution in [2.45, 2.75) is 34.6 Å². The standard InChI is InChI=1S/C12H18N2S/c1-6-7(2)9(4)11(14-12(13)15)10(5)8(6)3/h1-5H3,(H3,13,14,15). The monoisotopic (exact) mass is 222 g/mol. The van der Waals surface area contributed by atoms with Gasteiger partial charge in [-0.15, -0.1) is 0 Å². The molecule has 0 radical (unpaired) electrons. The second-order valence-corrected chi connectivity index (χ2v) is 4.43. The summed E-state index contributed by atoms with van der Waals surface area (Å²) in [5.74, 6) is 0. The van der Waals surface area contributed by atoms with Gasteiger partial charge in [-0.3, -0.25) is 0 Å². The second-order valence-electron chi connectivity index (χ2n) is 3.99. The van der Waals surface area contributed by atoms with Crippen LogP contribution in [0.2, 0.25) is 0 Å². The smallest absolute Gasteiger partial charge is 0.168 e. The van der Waals surface area contributed by atoms with Gasteiger partial charge in [-0.1, -0.05) is 0 Å². The molecule has 0 saturated heterocycles. The van der Waals surface area contributed by atoms with Crippen molar-refractivity contribution in [2.24, 2.45) is 5.73 Å². The van der Waals surface area contributed by atoms with Gasteiger partial charge in [-0.25, -0.2) is 0 Å². The van der Waals surface area contributed by atoms with Crippen LogP contribution in [-0.2, 0) is 0 Å². The summed E-state index contributed by atoms with van der Waals surface area (Å²) in [6.07, 6.45) is 0. The van der Waals surface area contributed by atoms with Gasteiger partial charge < -0.3 is 11.1 Å². The number of hydrogen-bond donors (Lipinski definition) is 2. The van der Waals surface area contributed by atoms with E-state index in [1.54, 1.807) is 0 Å². The minimum Gasteiger partial charge on any atom is -0.376 e. The highest BCUT2D eigenvalue weighted by Gasteiger charge is 2.11. The molecule has 0 aliphatic carbocycles. The summed E-state index contributed by atoms with van der Waals surface area (Å²) in [6.45, 7) is 10.6. The second kappa shape index (κ2) is 4.19.